The molecule has 0 spiro atoms. The zero-order chi connectivity index (χ0) is 9.26. The van der Waals surface area contributed by atoms with Crippen molar-refractivity contribution >= 4 is 31.8 Å². The smallest absolute Gasteiger partial charge is 0.0933 e. The molecule has 0 aliphatic rings. The average Bonchev–Trinajstić information content (AvgIpc) is 2.59. The Balaban J connectivity index is 2.49. The highest BCUT2D eigenvalue weighted by molar-refractivity contribution is 7.18. The second kappa shape index (κ2) is 3.60. The van der Waals surface area contributed by atoms with Crippen LogP contribution in [-0.4, -0.2) is 15.2 Å². The van der Waals surface area contributed by atoms with Gasteiger partial charge in [0.1, 0.15) is 0 Å². The number of hydrogen-bond donors (Lipinski definition) is 0. The molecule has 2 rings (SSSR count). The van der Waals surface area contributed by atoms with Gasteiger partial charge >= 0.3 is 0 Å². The van der Waals surface area contributed by atoms with E-state index in [2.05, 4.69) is 36.2 Å². The lowest BCUT2D eigenvalue weighted by Gasteiger charge is -2.00. The Morgan fingerprint density at radius 1 is 1.46 bits per heavy atom. The molecule has 1 aromatic heterocycles. The van der Waals surface area contributed by atoms with Crippen LogP contribution in [0.15, 0.2) is 24.3 Å². The van der Waals surface area contributed by atoms with Gasteiger partial charge in [0.25, 0.3) is 0 Å². The van der Waals surface area contributed by atoms with Crippen molar-refractivity contribution in [3.05, 3.63) is 29.3 Å². The van der Waals surface area contributed by atoms with Gasteiger partial charge in [-0.15, -0.1) is 11.3 Å². The summed E-state index contributed by atoms with van der Waals surface area (Å²) in [4.78, 5) is 4.64. The first-order chi connectivity index (χ1) is 6.31. The molecule has 1 atom stereocenters. The van der Waals surface area contributed by atoms with Gasteiger partial charge in [-0.3, -0.25) is 0 Å². The van der Waals surface area contributed by atoms with Crippen molar-refractivity contribution in [3.63, 3.8) is 0 Å². The molecule has 0 saturated carbocycles. The summed E-state index contributed by atoms with van der Waals surface area (Å²) in [6, 6.07) is 8.39. The minimum atomic E-state index is 0.734. The van der Waals surface area contributed by atoms with E-state index >= 15 is 0 Å². The Hall–Kier alpha value is -0.673. The number of aromatic nitrogens is 1. The summed E-state index contributed by atoms with van der Waals surface area (Å²) >= 11 is 1.85. The van der Waals surface area contributed by atoms with Gasteiger partial charge in [0.15, 0.2) is 0 Å². The molecule has 2 aromatic rings. The van der Waals surface area contributed by atoms with Crippen LogP contribution in [0.3, 0.4) is 0 Å². The zero-order valence-electron chi connectivity index (χ0n) is 7.95. The SMILES string of the molecule is CCC([SiH3])c1nc2ccccc2s1. The monoisotopic (exact) mass is 207 g/mol. The fraction of sp³-hybridized carbons (Fsp3) is 0.300. The Morgan fingerprint density at radius 3 is 2.92 bits per heavy atom. The lowest BCUT2D eigenvalue weighted by atomic mass is 10.3. The summed E-state index contributed by atoms with van der Waals surface area (Å²) in [5, 5.41) is 1.33. The number of thiazole rings is 1. The fourth-order valence-electron chi connectivity index (χ4n) is 1.28. The van der Waals surface area contributed by atoms with Gasteiger partial charge in [-0.25, -0.2) is 4.98 Å². The van der Waals surface area contributed by atoms with E-state index in [1.54, 1.807) is 0 Å². The second-order valence-corrected chi connectivity index (χ2v) is 5.79. The molecule has 0 fully saturated rings. The molecule has 1 aromatic carbocycles. The third-order valence-corrected chi connectivity index (χ3v) is 5.39. The highest BCUT2D eigenvalue weighted by Crippen LogP contribution is 2.27. The Labute approximate surface area is 85.2 Å². The van der Waals surface area contributed by atoms with Crippen molar-refractivity contribution in [2.45, 2.75) is 18.9 Å². The van der Waals surface area contributed by atoms with Gasteiger partial charge in [0.2, 0.25) is 0 Å². The number of benzene rings is 1. The number of nitrogens with zero attached hydrogens (tertiary/aromatic N) is 1. The maximum atomic E-state index is 4.64. The van der Waals surface area contributed by atoms with Gasteiger partial charge in [-0.05, 0) is 17.7 Å². The molecule has 0 N–H and O–H groups in total. The maximum Gasteiger partial charge on any atom is 0.0933 e. The van der Waals surface area contributed by atoms with Crippen LogP contribution in [-0.2, 0) is 0 Å². The summed E-state index contributed by atoms with van der Waals surface area (Å²) in [7, 11) is 1.21. The van der Waals surface area contributed by atoms with Crippen LogP contribution in [0.5, 0.6) is 0 Å². The molecule has 3 heteroatoms. The van der Waals surface area contributed by atoms with Crippen LogP contribution < -0.4 is 0 Å². The van der Waals surface area contributed by atoms with Gasteiger partial charge in [-0.2, -0.15) is 0 Å². The van der Waals surface area contributed by atoms with E-state index in [1.165, 1.54) is 26.4 Å². The Morgan fingerprint density at radius 2 is 2.23 bits per heavy atom. The molecule has 0 aliphatic heterocycles. The number of para-hydroxylation sites is 1. The van der Waals surface area contributed by atoms with Gasteiger partial charge in [0.05, 0.1) is 15.2 Å². The third-order valence-electron chi connectivity index (χ3n) is 2.34. The van der Waals surface area contributed by atoms with Crippen LogP contribution in [0.25, 0.3) is 10.2 Å². The molecule has 0 radical (unpaired) electrons. The molecular formula is C10H13NSSi. The molecule has 1 heterocycles. The van der Waals surface area contributed by atoms with E-state index in [4.69, 9.17) is 0 Å². The first kappa shape index (κ1) is 8.90. The van der Waals surface area contributed by atoms with Crippen molar-refractivity contribution < 1.29 is 0 Å². The van der Waals surface area contributed by atoms with Crippen LogP contribution in [0, 0.1) is 0 Å². The van der Waals surface area contributed by atoms with Crippen LogP contribution in [0.1, 0.15) is 23.9 Å². The van der Waals surface area contributed by atoms with Crippen molar-refractivity contribution in [1.82, 2.24) is 4.98 Å². The topological polar surface area (TPSA) is 12.9 Å². The van der Waals surface area contributed by atoms with Crippen LogP contribution in [0.2, 0.25) is 0 Å². The van der Waals surface area contributed by atoms with Crippen molar-refractivity contribution in [2.24, 2.45) is 0 Å². The molecule has 0 amide bonds. The maximum absolute atomic E-state index is 4.64. The Kier molecular flexibility index (Phi) is 2.46. The van der Waals surface area contributed by atoms with Crippen molar-refractivity contribution in [2.75, 3.05) is 0 Å². The normalized spacial score (nSPS) is 13.6. The van der Waals surface area contributed by atoms with E-state index in [9.17, 15) is 0 Å². The minimum absolute atomic E-state index is 0.734. The average molecular weight is 207 g/mol. The fourth-order valence-corrected chi connectivity index (χ4v) is 2.86. The predicted molar refractivity (Wildman–Crippen MR) is 62.6 cm³/mol. The van der Waals surface area contributed by atoms with Crippen LogP contribution >= 0.6 is 11.3 Å². The van der Waals surface area contributed by atoms with E-state index in [-0.39, 0.29) is 0 Å². The van der Waals surface area contributed by atoms with E-state index < -0.39 is 0 Å². The van der Waals surface area contributed by atoms with Gasteiger partial charge in [0, 0.05) is 10.2 Å². The zero-order valence-corrected chi connectivity index (χ0v) is 10.8. The second-order valence-electron chi connectivity index (χ2n) is 3.33. The third kappa shape index (κ3) is 1.66. The number of fused-ring (bicyclic) bond motifs is 1. The molecule has 68 valence electrons. The standard InChI is InChI=1S/C10H13NSSi/c1-2-9(13)10-11-7-5-3-4-6-8(7)12-10/h3-6,9H,2H2,1,13H3. The molecule has 0 bridgehead atoms. The molecular weight excluding hydrogens is 194 g/mol. The summed E-state index contributed by atoms with van der Waals surface area (Å²) in [6.07, 6.45) is 1.23. The van der Waals surface area contributed by atoms with Gasteiger partial charge in [-0.1, -0.05) is 25.5 Å². The molecule has 13 heavy (non-hydrogen) atoms. The summed E-state index contributed by atoms with van der Waals surface area (Å²) in [5.74, 6) is 0. The Bertz CT molecular complexity index is 377. The molecule has 1 unspecified atom stereocenters. The van der Waals surface area contributed by atoms with Crippen LogP contribution in [0.4, 0.5) is 0 Å². The van der Waals surface area contributed by atoms with Gasteiger partial charge < -0.3 is 0 Å². The van der Waals surface area contributed by atoms with Crippen molar-refractivity contribution in [3.8, 4) is 0 Å². The first-order valence-corrected chi connectivity index (χ1v) is 6.64. The highest BCUT2D eigenvalue weighted by atomic mass is 32.1. The summed E-state index contributed by atoms with van der Waals surface area (Å²) in [5.41, 5.74) is 1.90. The summed E-state index contributed by atoms with van der Waals surface area (Å²) in [6.45, 7) is 2.24. The summed E-state index contributed by atoms with van der Waals surface area (Å²) < 4.78 is 1.33. The quantitative estimate of drug-likeness (QED) is 0.687. The lowest BCUT2D eigenvalue weighted by Crippen LogP contribution is -1.93. The highest BCUT2D eigenvalue weighted by Gasteiger charge is 2.08. The van der Waals surface area contributed by atoms with E-state index in [1.807, 2.05) is 11.3 Å². The van der Waals surface area contributed by atoms with E-state index in [0.717, 1.165) is 11.1 Å². The lowest BCUT2D eigenvalue weighted by molar-refractivity contribution is 0.874. The molecule has 0 aliphatic carbocycles. The molecule has 1 nitrogen and oxygen atoms in total. The first-order valence-electron chi connectivity index (χ1n) is 4.66. The molecule has 0 saturated heterocycles. The number of hydrogen-bond acceptors (Lipinski definition) is 2. The van der Waals surface area contributed by atoms with Crippen molar-refractivity contribution in [1.29, 1.82) is 0 Å². The minimum Gasteiger partial charge on any atom is -0.241 e. The van der Waals surface area contributed by atoms with E-state index in [0.29, 0.717) is 0 Å². The number of rotatable bonds is 2. The predicted octanol–water partition coefficient (Wildman–Crippen LogP) is 2.11. The largest absolute Gasteiger partial charge is 0.241 e.